The van der Waals surface area contributed by atoms with Gasteiger partial charge in [0.05, 0.1) is 11.8 Å². The van der Waals surface area contributed by atoms with Crippen molar-refractivity contribution in [2.24, 2.45) is 0 Å². The third kappa shape index (κ3) is 4.40. The van der Waals surface area contributed by atoms with Gasteiger partial charge in [0.2, 0.25) is 6.79 Å². The first-order valence-electron chi connectivity index (χ1n) is 9.28. The summed E-state index contributed by atoms with van der Waals surface area (Å²) >= 11 is 0. The summed E-state index contributed by atoms with van der Waals surface area (Å²) in [6.07, 6.45) is 1.58. The molecule has 0 radical (unpaired) electrons. The number of anilines is 3. The van der Waals surface area contributed by atoms with E-state index in [1.54, 1.807) is 24.4 Å². The first kappa shape index (κ1) is 18.6. The second-order valence-electron chi connectivity index (χ2n) is 6.74. The van der Waals surface area contributed by atoms with Gasteiger partial charge in [-0.15, -0.1) is 0 Å². The molecule has 0 atom stereocenters. The van der Waals surface area contributed by atoms with Gasteiger partial charge in [-0.05, 0) is 50.2 Å². The van der Waals surface area contributed by atoms with Gasteiger partial charge in [0.15, 0.2) is 11.5 Å². The van der Waals surface area contributed by atoms with Gasteiger partial charge in [0.25, 0.3) is 5.91 Å². The van der Waals surface area contributed by atoms with Crippen LogP contribution in [0, 0.1) is 0 Å². The number of hydrogen-bond donors (Lipinski definition) is 2. The fourth-order valence-corrected chi connectivity index (χ4v) is 2.89. The van der Waals surface area contributed by atoms with E-state index in [0.29, 0.717) is 22.9 Å². The zero-order chi connectivity index (χ0) is 20.2. The Morgan fingerprint density at radius 1 is 1.03 bits per heavy atom. The summed E-state index contributed by atoms with van der Waals surface area (Å²) in [4.78, 5) is 16.9. The highest BCUT2D eigenvalue weighted by Crippen LogP contribution is 2.35. The Morgan fingerprint density at radius 2 is 1.83 bits per heavy atom. The van der Waals surface area contributed by atoms with E-state index in [9.17, 15) is 4.79 Å². The number of pyridine rings is 1. The number of aromatic nitrogens is 1. The molecule has 7 nitrogen and oxygen atoms in total. The molecule has 1 aliphatic heterocycles. The SMILES string of the molecule is CC(C)Oc1ccccc1NC(=O)c1cc(Nc2ccc3c(c2)OCO3)ccn1. The van der Waals surface area contributed by atoms with Crippen molar-refractivity contribution >= 4 is 23.0 Å². The minimum atomic E-state index is -0.320. The van der Waals surface area contributed by atoms with Crippen molar-refractivity contribution in [1.29, 1.82) is 0 Å². The van der Waals surface area contributed by atoms with Crippen LogP contribution in [0.1, 0.15) is 24.3 Å². The summed E-state index contributed by atoms with van der Waals surface area (Å²) in [7, 11) is 0. The topological polar surface area (TPSA) is 81.7 Å². The highest BCUT2D eigenvalue weighted by Gasteiger charge is 2.15. The van der Waals surface area contributed by atoms with Gasteiger partial charge in [-0.25, -0.2) is 0 Å². The molecule has 29 heavy (non-hydrogen) atoms. The van der Waals surface area contributed by atoms with Crippen molar-refractivity contribution in [3.63, 3.8) is 0 Å². The summed E-state index contributed by atoms with van der Waals surface area (Å²) in [6, 6.07) is 16.4. The molecule has 2 heterocycles. The summed E-state index contributed by atoms with van der Waals surface area (Å²) in [5.74, 6) is 1.70. The molecule has 0 fully saturated rings. The standard InChI is InChI=1S/C22H21N3O4/c1-14(2)29-19-6-4-3-5-17(19)25-22(26)18-11-16(9-10-23-18)24-15-7-8-20-21(12-15)28-13-27-20/h3-12,14H,13H2,1-2H3,(H,23,24)(H,25,26). The number of nitrogens with one attached hydrogen (secondary N) is 2. The van der Waals surface area contributed by atoms with Crippen molar-refractivity contribution in [2.75, 3.05) is 17.4 Å². The minimum Gasteiger partial charge on any atom is -0.489 e. The molecule has 148 valence electrons. The molecule has 0 saturated carbocycles. The maximum absolute atomic E-state index is 12.7. The van der Waals surface area contributed by atoms with Gasteiger partial charge < -0.3 is 24.8 Å². The number of carbonyl (C=O) groups excluding carboxylic acids is 1. The lowest BCUT2D eigenvalue weighted by atomic mass is 10.2. The molecular weight excluding hydrogens is 370 g/mol. The molecule has 0 saturated heterocycles. The molecule has 2 N–H and O–H groups in total. The number of carbonyl (C=O) groups is 1. The Kier molecular flexibility index (Phi) is 5.20. The van der Waals surface area contributed by atoms with E-state index in [4.69, 9.17) is 14.2 Å². The van der Waals surface area contributed by atoms with Gasteiger partial charge in [-0.2, -0.15) is 0 Å². The first-order chi connectivity index (χ1) is 14.1. The van der Waals surface area contributed by atoms with E-state index < -0.39 is 0 Å². The van der Waals surface area contributed by atoms with Crippen molar-refractivity contribution in [2.45, 2.75) is 20.0 Å². The Hall–Kier alpha value is -3.74. The summed E-state index contributed by atoms with van der Waals surface area (Å²) in [5.41, 5.74) is 2.44. The van der Waals surface area contributed by atoms with Crippen LogP contribution >= 0.6 is 0 Å². The lowest BCUT2D eigenvalue weighted by Crippen LogP contribution is -2.15. The Labute approximate surface area is 168 Å². The third-order valence-corrected chi connectivity index (χ3v) is 4.15. The summed E-state index contributed by atoms with van der Waals surface area (Å²) < 4.78 is 16.5. The zero-order valence-electron chi connectivity index (χ0n) is 16.1. The number of benzene rings is 2. The van der Waals surface area contributed by atoms with E-state index in [2.05, 4.69) is 15.6 Å². The molecule has 3 aromatic rings. The van der Waals surface area contributed by atoms with Gasteiger partial charge in [-0.1, -0.05) is 12.1 Å². The van der Waals surface area contributed by atoms with Crippen molar-refractivity contribution in [3.8, 4) is 17.2 Å². The number of nitrogens with zero attached hydrogens (tertiary/aromatic N) is 1. The number of fused-ring (bicyclic) bond motifs is 1. The minimum absolute atomic E-state index is 0.000375. The number of para-hydroxylation sites is 2. The normalized spacial score (nSPS) is 12.0. The molecule has 0 aliphatic carbocycles. The molecule has 1 aliphatic rings. The van der Waals surface area contributed by atoms with Gasteiger partial charge >= 0.3 is 0 Å². The fourth-order valence-electron chi connectivity index (χ4n) is 2.89. The van der Waals surface area contributed by atoms with Crippen LogP contribution in [-0.2, 0) is 0 Å². The maximum atomic E-state index is 12.7. The molecule has 7 heteroatoms. The fraction of sp³-hybridized carbons (Fsp3) is 0.182. The van der Waals surface area contributed by atoms with Crippen LogP contribution in [0.5, 0.6) is 17.2 Å². The predicted molar refractivity (Wildman–Crippen MR) is 110 cm³/mol. The zero-order valence-corrected chi connectivity index (χ0v) is 16.1. The summed E-state index contributed by atoms with van der Waals surface area (Å²) in [5, 5.41) is 6.12. The molecule has 1 aromatic heterocycles. The lowest BCUT2D eigenvalue weighted by molar-refractivity contribution is 0.102. The lowest BCUT2D eigenvalue weighted by Gasteiger charge is -2.15. The smallest absolute Gasteiger partial charge is 0.274 e. The Balaban J connectivity index is 1.49. The van der Waals surface area contributed by atoms with Crippen molar-refractivity contribution in [1.82, 2.24) is 4.98 Å². The van der Waals surface area contributed by atoms with Gasteiger partial charge in [0, 0.05) is 23.6 Å². The van der Waals surface area contributed by atoms with Crippen LogP contribution in [0.2, 0.25) is 0 Å². The predicted octanol–water partition coefficient (Wildman–Crippen LogP) is 4.59. The molecule has 4 rings (SSSR count). The van der Waals surface area contributed by atoms with E-state index in [-0.39, 0.29) is 24.5 Å². The molecule has 0 unspecified atom stereocenters. The van der Waals surface area contributed by atoms with Gasteiger partial charge in [-0.3, -0.25) is 9.78 Å². The number of rotatable bonds is 6. The van der Waals surface area contributed by atoms with Crippen molar-refractivity contribution < 1.29 is 19.0 Å². The first-order valence-corrected chi connectivity index (χ1v) is 9.28. The van der Waals surface area contributed by atoms with E-state index in [1.165, 1.54) is 0 Å². The largest absolute Gasteiger partial charge is 0.489 e. The number of amides is 1. The second-order valence-corrected chi connectivity index (χ2v) is 6.74. The van der Waals surface area contributed by atoms with Crippen LogP contribution in [0.25, 0.3) is 0 Å². The number of ether oxygens (including phenoxy) is 3. The summed E-state index contributed by atoms with van der Waals surface area (Å²) in [6.45, 7) is 4.09. The van der Waals surface area contributed by atoms with Crippen molar-refractivity contribution in [3.05, 3.63) is 66.5 Å². The maximum Gasteiger partial charge on any atom is 0.274 e. The average Bonchev–Trinajstić information content (AvgIpc) is 3.17. The molecule has 2 aromatic carbocycles. The Bertz CT molecular complexity index is 1040. The quantitative estimate of drug-likeness (QED) is 0.639. The third-order valence-electron chi connectivity index (χ3n) is 4.15. The van der Waals surface area contributed by atoms with E-state index >= 15 is 0 Å². The van der Waals surface area contributed by atoms with Crippen LogP contribution in [0.15, 0.2) is 60.8 Å². The van der Waals surface area contributed by atoms with Crippen LogP contribution in [0.3, 0.4) is 0 Å². The van der Waals surface area contributed by atoms with Crippen LogP contribution < -0.4 is 24.8 Å². The number of hydrogen-bond acceptors (Lipinski definition) is 6. The highest BCUT2D eigenvalue weighted by atomic mass is 16.7. The van der Waals surface area contributed by atoms with Crippen LogP contribution in [-0.4, -0.2) is 23.8 Å². The second kappa shape index (κ2) is 8.10. The van der Waals surface area contributed by atoms with Crippen LogP contribution in [0.4, 0.5) is 17.1 Å². The monoisotopic (exact) mass is 391 g/mol. The molecule has 0 bridgehead atoms. The van der Waals surface area contributed by atoms with Gasteiger partial charge in [0.1, 0.15) is 11.4 Å². The molecule has 0 spiro atoms. The highest BCUT2D eigenvalue weighted by molar-refractivity contribution is 6.04. The molecule has 1 amide bonds. The van der Waals surface area contributed by atoms with E-state index in [1.807, 2.05) is 50.2 Å². The Morgan fingerprint density at radius 3 is 2.69 bits per heavy atom. The molecular formula is C22H21N3O4. The average molecular weight is 391 g/mol. The van der Waals surface area contributed by atoms with E-state index in [0.717, 1.165) is 11.4 Å².